The van der Waals surface area contributed by atoms with Crippen LogP contribution >= 0.6 is 0 Å². The van der Waals surface area contributed by atoms with Gasteiger partial charge in [0.2, 0.25) is 0 Å². The molecule has 0 spiro atoms. The zero-order chi connectivity index (χ0) is 13.3. The number of aryl methyl sites for hydroxylation is 1. The number of hydrogen-bond acceptors (Lipinski definition) is 3. The number of imidazole rings is 1. The van der Waals surface area contributed by atoms with Gasteiger partial charge < -0.3 is 9.67 Å². The third-order valence-electron chi connectivity index (χ3n) is 4.32. The highest BCUT2D eigenvalue weighted by molar-refractivity contribution is 5.13. The first-order chi connectivity index (χ1) is 8.45. The quantitative estimate of drug-likeness (QED) is 0.888. The van der Waals surface area contributed by atoms with Crippen molar-refractivity contribution in [2.24, 2.45) is 12.5 Å². The van der Waals surface area contributed by atoms with Crippen molar-refractivity contribution in [2.75, 3.05) is 19.7 Å². The Morgan fingerprint density at radius 3 is 2.67 bits per heavy atom. The van der Waals surface area contributed by atoms with Crippen LogP contribution in [0.5, 0.6) is 0 Å². The zero-order valence-corrected chi connectivity index (χ0v) is 12.0. The minimum atomic E-state index is 0.0630. The van der Waals surface area contributed by atoms with Crippen molar-refractivity contribution < 1.29 is 5.11 Å². The number of aliphatic hydroxyl groups is 1. The van der Waals surface area contributed by atoms with E-state index >= 15 is 0 Å². The molecule has 0 aliphatic carbocycles. The highest BCUT2D eigenvalue weighted by atomic mass is 16.3. The van der Waals surface area contributed by atoms with Gasteiger partial charge in [0.1, 0.15) is 5.82 Å². The molecule has 1 fully saturated rings. The van der Waals surface area contributed by atoms with Gasteiger partial charge in [-0.1, -0.05) is 6.92 Å². The maximum atomic E-state index is 9.49. The van der Waals surface area contributed by atoms with Crippen LogP contribution in [0.1, 0.15) is 37.0 Å². The van der Waals surface area contributed by atoms with Crippen LogP contribution < -0.4 is 0 Å². The van der Waals surface area contributed by atoms with Crippen LogP contribution in [-0.2, 0) is 13.6 Å². The molecule has 1 saturated heterocycles. The van der Waals surface area contributed by atoms with E-state index in [-0.39, 0.29) is 12.0 Å². The van der Waals surface area contributed by atoms with Crippen LogP contribution in [0.3, 0.4) is 0 Å². The van der Waals surface area contributed by atoms with Gasteiger partial charge in [-0.15, -0.1) is 0 Å². The summed E-state index contributed by atoms with van der Waals surface area (Å²) in [5.41, 5.74) is 2.43. The highest BCUT2D eigenvalue weighted by Gasteiger charge is 2.30. The molecule has 1 aliphatic rings. The molecular formula is C14H25N3O. The Hall–Kier alpha value is -0.870. The maximum absolute atomic E-state index is 9.49. The zero-order valence-electron chi connectivity index (χ0n) is 12.0. The van der Waals surface area contributed by atoms with Crippen LogP contribution in [0.4, 0.5) is 0 Å². The molecule has 2 rings (SSSR count). The van der Waals surface area contributed by atoms with Gasteiger partial charge >= 0.3 is 0 Å². The highest BCUT2D eigenvalue weighted by Crippen LogP contribution is 2.29. The van der Waals surface area contributed by atoms with Crippen LogP contribution in [0.2, 0.25) is 0 Å². The molecule has 0 saturated carbocycles. The molecule has 4 nitrogen and oxygen atoms in total. The second-order valence-electron chi connectivity index (χ2n) is 6.04. The first-order valence-corrected chi connectivity index (χ1v) is 6.77. The normalized spacial score (nSPS) is 25.6. The summed E-state index contributed by atoms with van der Waals surface area (Å²) in [5.74, 6) is 1.13. The molecular weight excluding hydrogens is 226 g/mol. The Bertz CT molecular complexity index is 427. The van der Waals surface area contributed by atoms with Crippen molar-refractivity contribution in [3.8, 4) is 0 Å². The number of piperidine rings is 1. The number of nitrogens with zero attached hydrogens (tertiary/aromatic N) is 3. The van der Waals surface area contributed by atoms with Crippen LogP contribution in [0.15, 0.2) is 0 Å². The molecule has 18 heavy (non-hydrogen) atoms. The lowest BCUT2D eigenvalue weighted by Crippen LogP contribution is -2.43. The summed E-state index contributed by atoms with van der Waals surface area (Å²) in [5, 5.41) is 9.49. The van der Waals surface area contributed by atoms with E-state index in [1.165, 1.54) is 12.1 Å². The van der Waals surface area contributed by atoms with Crippen molar-refractivity contribution in [3.05, 3.63) is 17.2 Å². The lowest BCUT2D eigenvalue weighted by molar-refractivity contribution is 0.0413. The van der Waals surface area contributed by atoms with Crippen LogP contribution in [0.25, 0.3) is 0 Å². The van der Waals surface area contributed by atoms with Crippen molar-refractivity contribution >= 4 is 0 Å². The molecule has 102 valence electrons. The average Bonchev–Trinajstić information content (AvgIpc) is 2.57. The van der Waals surface area contributed by atoms with Crippen molar-refractivity contribution in [2.45, 2.75) is 40.2 Å². The summed E-state index contributed by atoms with van der Waals surface area (Å²) in [6.45, 7) is 9.60. The van der Waals surface area contributed by atoms with Crippen LogP contribution in [0, 0.1) is 19.3 Å². The Labute approximate surface area is 110 Å². The Morgan fingerprint density at radius 2 is 2.11 bits per heavy atom. The first kappa shape index (κ1) is 13.6. The van der Waals surface area contributed by atoms with Gasteiger partial charge in [-0.2, -0.15) is 0 Å². The molecule has 0 radical (unpaired) electrons. The minimum absolute atomic E-state index is 0.0630. The molecule has 1 atom stereocenters. The molecule has 0 unspecified atom stereocenters. The van der Waals surface area contributed by atoms with E-state index in [2.05, 4.69) is 42.3 Å². The van der Waals surface area contributed by atoms with Crippen molar-refractivity contribution in [1.29, 1.82) is 0 Å². The standard InChI is InChI=1S/C14H25N3O/c1-11-12(2)16(4)13(15-11)8-17-7-5-6-14(3,9-17)10-18/h18H,5-10H2,1-4H3/t14-/m1/s1. The van der Waals surface area contributed by atoms with Gasteiger partial charge in [0.05, 0.1) is 12.2 Å². The Morgan fingerprint density at radius 1 is 1.39 bits per heavy atom. The largest absolute Gasteiger partial charge is 0.396 e. The Kier molecular flexibility index (Phi) is 3.78. The Balaban J connectivity index is 2.07. The second-order valence-corrected chi connectivity index (χ2v) is 6.04. The number of hydrogen-bond donors (Lipinski definition) is 1. The molecule has 4 heteroatoms. The smallest absolute Gasteiger partial charge is 0.123 e. The van der Waals surface area contributed by atoms with E-state index in [0.717, 1.165) is 37.6 Å². The fourth-order valence-corrected chi connectivity index (χ4v) is 2.82. The topological polar surface area (TPSA) is 41.3 Å². The van der Waals surface area contributed by atoms with E-state index in [0.29, 0.717) is 0 Å². The summed E-state index contributed by atoms with van der Waals surface area (Å²) in [7, 11) is 2.08. The third kappa shape index (κ3) is 2.59. The second kappa shape index (κ2) is 5.02. The van der Waals surface area contributed by atoms with Gasteiger partial charge in [-0.25, -0.2) is 4.98 Å². The van der Waals surface area contributed by atoms with Gasteiger partial charge in [0.25, 0.3) is 0 Å². The molecule has 1 N–H and O–H groups in total. The monoisotopic (exact) mass is 251 g/mol. The molecule has 0 amide bonds. The van der Waals surface area contributed by atoms with E-state index < -0.39 is 0 Å². The first-order valence-electron chi connectivity index (χ1n) is 6.77. The predicted molar refractivity (Wildman–Crippen MR) is 72.4 cm³/mol. The number of rotatable bonds is 3. The fraction of sp³-hybridized carbons (Fsp3) is 0.786. The molecule has 0 aromatic carbocycles. The van der Waals surface area contributed by atoms with Crippen molar-refractivity contribution in [3.63, 3.8) is 0 Å². The lowest BCUT2D eigenvalue weighted by atomic mass is 9.83. The minimum Gasteiger partial charge on any atom is -0.396 e. The summed E-state index contributed by atoms with van der Waals surface area (Å²) < 4.78 is 2.18. The van der Waals surface area contributed by atoms with E-state index in [1.807, 2.05) is 0 Å². The van der Waals surface area contributed by atoms with Gasteiger partial charge in [-0.05, 0) is 33.2 Å². The van der Waals surface area contributed by atoms with E-state index in [1.54, 1.807) is 0 Å². The number of aliphatic hydroxyl groups excluding tert-OH is 1. The molecule has 2 heterocycles. The molecule has 1 aromatic rings. The summed E-state index contributed by atoms with van der Waals surface area (Å²) >= 11 is 0. The predicted octanol–water partition coefficient (Wildman–Crippen LogP) is 1.63. The van der Waals surface area contributed by atoms with Crippen LogP contribution in [-0.4, -0.2) is 39.3 Å². The van der Waals surface area contributed by atoms with Gasteiger partial charge in [0.15, 0.2) is 0 Å². The maximum Gasteiger partial charge on any atom is 0.123 e. The van der Waals surface area contributed by atoms with Gasteiger partial charge in [-0.3, -0.25) is 4.90 Å². The van der Waals surface area contributed by atoms with E-state index in [9.17, 15) is 5.11 Å². The number of likely N-dealkylation sites (tertiary alicyclic amines) is 1. The summed E-state index contributed by atoms with van der Waals surface area (Å²) in [4.78, 5) is 7.05. The average molecular weight is 251 g/mol. The SMILES string of the molecule is Cc1nc(CN2CCC[C@@](C)(CO)C2)n(C)c1C. The molecule has 1 aromatic heterocycles. The van der Waals surface area contributed by atoms with Gasteiger partial charge in [0, 0.05) is 31.3 Å². The summed E-state index contributed by atoms with van der Waals surface area (Å²) in [6, 6.07) is 0. The fourth-order valence-electron chi connectivity index (χ4n) is 2.82. The van der Waals surface area contributed by atoms with E-state index in [4.69, 9.17) is 0 Å². The molecule has 0 bridgehead atoms. The lowest BCUT2D eigenvalue weighted by Gasteiger charge is -2.39. The number of aromatic nitrogens is 2. The van der Waals surface area contributed by atoms with Crippen molar-refractivity contribution in [1.82, 2.24) is 14.5 Å². The third-order valence-corrected chi connectivity index (χ3v) is 4.32. The summed E-state index contributed by atoms with van der Waals surface area (Å²) in [6.07, 6.45) is 2.29. The molecule has 1 aliphatic heterocycles.